The molecule has 2 saturated heterocycles. The highest BCUT2D eigenvalue weighted by molar-refractivity contribution is 7.91. The van der Waals surface area contributed by atoms with E-state index in [1.165, 1.54) is 10.4 Å². The van der Waals surface area contributed by atoms with E-state index in [2.05, 4.69) is 11.4 Å². The molecule has 0 bridgehead atoms. The second kappa shape index (κ2) is 5.57. The van der Waals surface area contributed by atoms with Gasteiger partial charge < -0.3 is 9.64 Å². The summed E-state index contributed by atoms with van der Waals surface area (Å²) < 4.78 is 29.3. The van der Waals surface area contributed by atoms with E-state index in [-0.39, 0.29) is 28.9 Å². The van der Waals surface area contributed by atoms with Crippen LogP contribution in [0.2, 0.25) is 0 Å². The minimum absolute atomic E-state index is 0.0160. The van der Waals surface area contributed by atoms with Crippen molar-refractivity contribution in [3.8, 4) is 0 Å². The second-order valence-electron chi connectivity index (χ2n) is 6.78. The summed E-state index contributed by atoms with van der Waals surface area (Å²) in [7, 11) is -3.01. The number of nitrogens with zero attached hydrogens (tertiary/aromatic N) is 1. The van der Waals surface area contributed by atoms with Crippen molar-refractivity contribution in [1.82, 2.24) is 4.90 Å². The molecule has 5 nitrogen and oxygen atoms in total. The molecule has 1 aromatic rings. The number of piperidine rings is 1. The predicted molar refractivity (Wildman–Crippen MR) is 88.2 cm³/mol. The average molecular weight is 355 g/mol. The van der Waals surface area contributed by atoms with Crippen LogP contribution < -0.4 is 0 Å². The Morgan fingerprint density at radius 1 is 1.35 bits per heavy atom. The topological polar surface area (TPSA) is 63.7 Å². The number of hydrogen-bond acceptors (Lipinski definition) is 5. The van der Waals surface area contributed by atoms with Crippen LogP contribution in [-0.4, -0.2) is 50.4 Å². The Morgan fingerprint density at radius 3 is 2.83 bits per heavy atom. The van der Waals surface area contributed by atoms with Crippen LogP contribution >= 0.6 is 11.3 Å². The quantitative estimate of drug-likeness (QED) is 0.767. The van der Waals surface area contributed by atoms with Crippen LogP contribution in [0.3, 0.4) is 0 Å². The first-order valence-electron chi connectivity index (χ1n) is 8.19. The molecule has 7 heteroatoms. The monoisotopic (exact) mass is 355 g/mol. The third-order valence-corrected chi connectivity index (χ3v) is 8.16. The fourth-order valence-corrected chi connectivity index (χ4v) is 6.79. The number of fused-ring (bicyclic) bond motifs is 2. The smallest absolute Gasteiger partial charge is 0.226 e. The third kappa shape index (κ3) is 2.72. The van der Waals surface area contributed by atoms with Crippen molar-refractivity contribution in [2.24, 2.45) is 5.92 Å². The van der Waals surface area contributed by atoms with Gasteiger partial charge in [0.15, 0.2) is 9.84 Å². The summed E-state index contributed by atoms with van der Waals surface area (Å²) in [5, 5.41) is 2.13. The summed E-state index contributed by atoms with van der Waals surface area (Å²) in [6, 6.07) is 2.17. The Bertz CT molecular complexity index is 716. The Labute approximate surface area is 140 Å². The van der Waals surface area contributed by atoms with Crippen LogP contribution in [0, 0.1) is 5.92 Å². The van der Waals surface area contributed by atoms with Gasteiger partial charge in [-0.2, -0.15) is 0 Å². The van der Waals surface area contributed by atoms with E-state index < -0.39 is 9.84 Å². The summed E-state index contributed by atoms with van der Waals surface area (Å²) in [6.07, 6.45) is 3.08. The number of thiophene rings is 1. The molecule has 1 spiro atoms. The van der Waals surface area contributed by atoms with Gasteiger partial charge in [0, 0.05) is 24.4 Å². The second-order valence-corrected chi connectivity index (χ2v) is 10.0. The molecular formula is C16H21NO4S2. The van der Waals surface area contributed by atoms with E-state index in [1.54, 1.807) is 11.3 Å². The summed E-state index contributed by atoms with van der Waals surface area (Å²) in [5.41, 5.74) is 1.08. The molecule has 1 unspecified atom stereocenters. The number of carbonyl (C=O) groups is 1. The highest BCUT2D eigenvalue weighted by Gasteiger charge is 2.44. The van der Waals surface area contributed by atoms with Gasteiger partial charge in [-0.3, -0.25) is 4.79 Å². The molecule has 2 fully saturated rings. The molecule has 0 N–H and O–H groups in total. The lowest BCUT2D eigenvalue weighted by Gasteiger charge is -2.44. The first-order valence-corrected chi connectivity index (χ1v) is 10.9. The van der Waals surface area contributed by atoms with Crippen molar-refractivity contribution in [3.05, 3.63) is 21.9 Å². The minimum atomic E-state index is -3.01. The summed E-state index contributed by atoms with van der Waals surface area (Å²) in [5.74, 6) is -0.137. The molecule has 23 heavy (non-hydrogen) atoms. The Morgan fingerprint density at radius 2 is 2.13 bits per heavy atom. The molecule has 3 aliphatic heterocycles. The van der Waals surface area contributed by atoms with E-state index in [1.807, 2.05) is 4.90 Å². The number of carbonyl (C=O) groups excluding carboxylic acids is 1. The molecule has 4 heterocycles. The fourth-order valence-electron chi connectivity index (χ4n) is 4.11. The van der Waals surface area contributed by atoms with Crippen molar-refractivity contribution in [3.63, 3.8) is 0 Å². The molecule has 0 radical (unpaired) electrons. The number of likely N-dealkylation sites (tertiary alicyclic amines) is 1. The zero-order valence-corrected chi connectivity index (χ0v) is 14.6. The van der Waals surface area contributed by atoms with E-state index >= 15 is 0 Å². The van der Waals surface area contributed by atoms with Crippen LogP contribution in [0.1, 0.15) is 29.7 Å². The zero-order valence-electron chi connectivity index (χ0n) is 13.0. The average Bonchev–Trinajstić information content (AvgIpc) is 3.15. The predicted octanol–water partition coefficient (Wildman–Crippen LogP) is 1.57. The Kier molecular flexibility index (Phi) is 3.77. The molecule has 1 aromatic heterocycles. The maximum atomic E-state index is 12.6. The Hall–Kier alpha value is -0.920. The highest BCUT2D eigenvalue weighted by Crippen LogP contribution is 2.43. The number of sulfone groups is 1. The summed E-state index contributed by atoms with van der Waals surface area (Å²) in [4.78, 5) is 15.8. The largest absolute Gasteiger partial charge is 0.370 e. The molecule has 4 rings (SSSR count). The van der Waals surface area contributed by atoms with Gasteiger partial charge in [0.2, 0.25) is 5.91 Å². The van der Waals surface area contributed by atoms with Crippen molar-refractivity contribution < 1.29 is 17.9 Å². The van der Waals surface area contributed by atoms with Crippen LogP contribution in [-0.2, 0) is 31.4 Å². The Balaban J connectivity index is 1.45. The van der Waals surface area contributed by atoms with Crippen molar-refractivity contribution >= 4 is 27.1 Å². The van der Waals surface area contributed by atoms with Gasteiger partial charge in [-0.15, -0.1) is 11.3 Å². The molecule has 1 amide bonds. The van der Waals surface area contributed by atoms with Crippen molar-refractivity contribution in [2.75, 3.05) is 31.2 Å². The molecule has 1 atom stereocenters. The maximum Gasteiger partial charge on any atom is 0.226 e. The van der Waals surface area contributed by atoms with Gasteiger partial charge in [-0.1, -0.05) is 0 Å². The first kappa shape index (κ1) is 15.6. The maximum absolute atomic E-state index is 12.6. The number of amides is 1. The highest BCUT2D eigenvalue weighted by atomic mass is 32.2. The first-order chi connectivity index (χ1) is 11.0. The van der Waals surface area contributed by atoms with Crippen LogP contribution in [0.15, 0.2) is 11.4 Å². The molecule has 0 saturated carbocycles. The van der Waals surface area contributed by atoms with Gasteiger partial charge in [-0.05, 0) is 36.3 Å². The van der Waals surface area contributed by atoms with Gasteiger partial charge in [0.05, 0.1) is 29.6 Å². The number of hydrogen-bond donors (Lipinski definition) is 0. The molecule has 126 valence electrons. The lowest BCUT2D eigenvalue weighted by Crippen LogP contribution is -2.49. The number of rotatable bonds is 1. The van der Waals surface area contributed by atoms with Crippen LogP contribution in [0.5, 0.6) is 0 Å². The normalized spacial score (nSPS) is 28.7. The van der Waals surface area contributed by atoms with Gasteiger partial charge in [0.1, 0.15) is 0 Å². The third-order valence-electron chi connectivity index (χ3n) is 5.41. The van der Waals surface area contributed by atoms with Gasteiger partial charge in [0.25, 0.3) is 0 Å². The van der Waals surface area contributed by atoms with Crippen molar-refractivity contribution in [1.29, 1.82) is 0 Å². The summed E-state index contributed by atoms with van der Waals surface area (Å²) in [6.45, 7) is 2.07. The van der Waals surface area contributed by atoms with E-state index in [9.17, 15) is 13.2 Å². The SMILES string of the molecule is O=C(C1CCS(=O)(=O)C1)N1CCC2(CC1)OCCc1sccc12. The van der Waals surface area contributed by atoms with E-state index in [4.69, 9.17) is 4.74 Å². The molecule has 0 aromatic carbocycles. The standard InChI is InChI=1S/C16H21NO4S2/c18-15(12-3-10-23(19,20)11-12)17-6-4-16(5-7-17)13-2-9-22-14(13)1-8-21-16/h2,9,12H,1,3-8,10-11H2. The van der Waals surface area contributed by atoms with E-state index in [0.29, 0.717) is 19.5 Å². The van der Waals surface area contributed by atoms with Crippen LogP contribution in [0.25, 0.3) is 0 Å². The lowest BCUT2D eigenvalue weighted by molar-refractivity contribution is -0.143. The molecular weight excluding hydrogens is 334 g/mol. The van der Waals surface area contributed by atoms with Crippen molar-refractivity contribution in [2.45, 2.75) is 31.3 Å². The summed E-state index contributed by atoms with van der Waals surface area (Å²) >= 11 is 1.79. The molecule has 3 aliphatic rings. The van der Waals surface area contributed by atoms with Gasteiger partial charge >= 0.3 is 0 Å². The zero-order chi connectivity index (χ0) is 16.1. The van der Waals surface area contributed by atoms with Crippen LogP contribution in [0.4, 0.5) is 0 Å². The lowest BCUT2D eigenvalue weighted by atomic mass is 9.82. The fraction of sp³-hybridized carbons (Fsp3) is 0.688. The minimum Gasteiger partial charge on any atom is -0.370 e. The van der Waals surface area contributed by atoms with Gasteiger partial charge in [-0.25, -0.2) is 8.42 Å². The van der Waals surface area contributed by atoms with E-state index in [0.717, 1.165) is 25.9 Å². The number of ether oxygens (including phenoxy) is 1. The molecule has 0 aliphatic carbocycles.